The maximum absolute atomic E-state index is 11.2. The second kappa shape index (κ2) is 7.10. The van der Waals surface area contributed by atoms with Crippen LogP contribution >= 0.6 is 0 Å². The number of esters is 1. The van der Waals surface area contributed by atoms with Crippen molar-refractivity contribution in [2.45, 2.75) is 39.7 Å². The number of carbonyl (C=O) groups excluding carboxylic acids is 1. The van der Waals surface area contributed by atoms with Crippen LogP contribution in [-0.2, 0) is 9.53 Å². The Hall–Kier alpha value is -0.570. The van der Waals surface area contributed by atoms with Crippen molar-refractivity contribution in [3.63, 3.8) is 0 Å². The Morgan fingerprint density at radius 2 is 2.08 bits per heavy atom. The van der Waals surface area contributed by atoms with Crippen LogP contribution in [-0.4, -0.2) is 25.2 Å². The smallest absolute Gasteiger partial charge is 0.323 e. The van der Waals surface area contributed by atoms with Crippen LogP contribution in [0.2, 0.25) is 0 Å². The summed E-state index contributed by atoms with van der Waals surface area (Å²) in [5.74, 6) is -0.131. The minimum Gasteiger partial charge on any atom is -0.465 e. The zero-order chi connectivity index (χ0) is 9.40. The minimum atomic E-state index is -0.131. The van der Waals surface area contributed by atoms with Crippen molar-refractivity contribution in [2.75, 3.05) is 13.2 Å². The molecule has 0 aliphatic rings. The van der Waals surface area contributed by atoms with E-state index in [2.05, 4.69) is 12.2 Å². The highest BCUT2D eigenvalue weighted by Crippen LogP contribution is 1.94. The zero-order valence-electron chi connectivity index (χ0n) is 8.22. The van der Waals surface area contributed by atoms with Gasteiger partial charge in [0.15, 0.2) is 0 Å². The monoisotopic (exact) mass is 173 g/mol. The Morgan fingerprint density at radius 1 is 1.42 bits per heavy atom. The molecule has 0 aromatic carbocycles. The van der Waals surface area contributed by atoms with Gasteiger partial charge >= 0.3 is 5.97 Å². The molecule has 0 amide bonds. The molecule has 0 fully saturated rings. The molecular weight excluding hydrogens is 154 g/mol. The summed E-state index contributed by atoms with van der Waals surface area (Å²) >= 11 is 0. The highest BCUT2D eigenvalue weighted by Gasteiger charge is 2.15. The largest absolute Gasteiger partial charge is 0.465 e. The molecule has 0 radical (unpaired) electrons. The molecule has 0 aliphatic carbocycles. The molecule has 0 aliphatic heterocycles. The molecule has 3 heteroatoms. The molecule has 0 saturated carbocycles. The molecule has 0 aromatic rings. The molecule has 0 bridgehead atoms. The molecule has 0 unspecified atom stereocenters. The predicted molar refractivity (Wildman–Crippen MR) is 49.0 cm³/mol. The Bertz CT molecular complexity index is 126. The Morgan fingerprint density at radius 3 is 2.50 bits per heavy atom. The van der Waals surface area contributed by atoms with Crippen LogP contribution in [0.3, 0.4) is 0 Å². The van der Waals surface area contributed by atoms with Crippen LogP contribution in [0.5, 0.6) is 0 Å². The van der Waals surface area contributed by atoms with Gasteiger partial charge in [-0.2, -0.15) is 0 Å². The van der Waals surface area contributed by atoms with Gasteiger partial charge in [-0.25, -0.2) is 0 Å². The highest BCUT2D eigenvalue weighted by atomic mass is 16.5. The first-order valence-electron chi connectivity index (χ1n) is 4.66. The first-order chi connectivity index (χ1) is 5.76. The van der Waals surface area contributed by atoms with Crippen molar-refractivity contribution in [1.82, 2.24) is 5.32 Å². The third-order valence-corrected chi connectivity index (χ3v) is 1.62. The molecule has 1 N–H and O–H groups in total. The van der Waals surface area contributed by atoms with Crippen molar-refractivity contribution in [3.05, 3.63) is 0 Å². The molecule has 1 atom stereocenters. The lowest BCUT2D eigenvalue weighted by Gasteiger charge is -2.14. The van der Waals surface area contributed by atoms with E-state index < -0.39 is 0 Å². The third kappa shape index (κ3) is 4.34. The highest BCUT2D eigenvalue weighted by molar-refractivity contribution is 5.75. The fourth-order valence-electron chi connectivity index (χ4n) is 0.956. The summed E-state index contributed by atoms with van der Waals surface area (Å²) in [6, 6.07) is -0.120. The van der Waals surface area contributed by atoms with E-state index in [9.17, 15) is 4.79 Å². The van der Waals surface area contributed by atoms with Gasteiger partial charge in [0.2, 0.25) is 0 Å². The molecule has 0 saturated heterocycles. The van der Waals surface area contributed by atoms with Crippen molar-refractivity contribution in [3.8, 4) is 0 Å². The van der Waals surface area contributed by atoms with Gasteiger partial charge in [0.1, 0.15) is 6.04 Å². The summed E-state index contributed by atoms with van der Waals surface area (Å²) in [5.41, 5.74) is 0. The second-order valence-corrected chi connectivity index (χ2v) is 2.67. The van der Waals surface area contributed by atoms with Gasteiger partial charge < -0.3 is 10.1 Å². The SMILES string of the molecule is CCCN[C@H](CC)C(=O)OCC. The number of hydrogen-bond donors (Lipinski definition) is 1. The summed E-state index contributed by atoms with van der Waals surface area (Å²) in [6.07, 6.45) is 1.83. The zero-order valence-corrected chi connectivity index (χ0v) is 8.22. The lowest BCUT2D eigenvalue weighted by molar-refractivity contribution is -0.145. The van der Waals surface area contributed by atoms with Crippen LogP contribution in [0.25, 0.3) is 0 Å². The van der Waals surface area contributed by atoms with E-state index in [0.29, 0.717) is 6.61 Å². The Kier molecular flexibility index (Phi) is 6.76. The molecule has 3 nitrogen and oxygen atoms in total. The normalized spacial score (nSPS) is 12.6. The van der Waals surface area contributed by atoms with Gasteiger partial charge in [0, 0.05) is 0 Å². The van der Waals surface area contributed by atoms with Gasteiger partial charge in [-0.1, -0.05) is 13.8 Å². The summed E-state index contributed by atoms with van der Waals surface area (Å²) in [7, 11) is 0. The van der Waals surface area contributed by atoms with Crippen LogP contribution in [0.15, 0.2) is 0 Å². The van der Waals surface area contributed by atoms with Crippen molar-refractivity contribution in [2.24, 2.45) is 0 Å². The standard InChI is InChI=1S/C9H19NO2/c1-4-7-10-8(5-2)9(11)12-6-3/h8,10H,4-7H2,1-3H3/t8-/m1/s1. The van der Waals surface area contributed by atoms with Crippen molar-refractivity contribution < 1.29 is 9.53 Å². The fourth-order valence-corrected chi connectivity index (χ4v) is 0.956. The molecule has 0 spiro atoms. The van der Waals surface area contributed by atoms with E-state index in [1.807, 2.05) is 13.8 Å². The molecule has 0 rings (SSSR count). The minimum absolute atomic E-state index is 0.120. The van der Waals surface area contributed by atoms with E-state index in [4.69, 9.17) is 4.74 Å². The molecule has 12 heavy (non-hydrogen) atoms. The summed E-state index contributed by atoms with van der Waals surface area (Å²) in [5, 5.41) is 3.13. The summed E-state index contributed by atoms with van der Waals surface area (Å²) in [4.78, 5) is 11.2. The lowest BCUT2D eigenvalue weighted by atomic mass is 10.2. The van der Waals surface area contributed by atoms with Gasteiger partial charge in [0.05, 0.1) is 6.61 Å². The number of nitrogens with one attached hydrogen (secondary N) is 1. The third-order valence-electron chi connectivity index (χ3n) is 1.62. The van der Waals surface area contributed by atoms with E-state index in [-0.39, 0.29) is 12.0 Å². The van der Waals surface area contributed by atoms with E-state index in [0.717, 1.165) is 19.4 Å². The number of hydrogen-bond acceptors (Lipinski definition) is 3. The molecular formula is C9H19NO2. The van der Waals surface area contributed by atoms with Crippen LogP contribution < -0.4 is 5.32 Å². The fraction of sp³-hybridized carbons (Fsp3) is 0.889. The quantitative estimate of drug-likeness (QED) is 0.616. The maximum atomic E-state index is 11.2. The van der Waals surface area contributed by atoms with E-state index in [1.165, 1.54) is 0 Å². The van der Waals surface area contributed by atoms with Crippen molar-refractivity contribution >= 4 is 5.97 Å². The number of rotatable bonds is 6. The Balaban J connectivity index is 3.71. The van der Waals surface area contributed by atoms with E-state index in [1.54, 1.807) is 0 Å². The Labute approximate surface area is 74.5 Å². The summed E-state index contributed by atoms with van der Waals surface area (Å²) in [6.45, 7) is 7.21. The number of carbonyl (C=O) groups is 1. The molecule has 0 heterocycles. The predicted octanol–water partition coefficient (Wildman–Crippen LogP) is 1.33. The van der Waals surface area contributed by atoms with Gasteiger partial charge in [-0.05, 0) is 26.3 Å². The average molecular weight is 173 g/mol. The number of ether oxygens (including phenoxy) is 1. The molecule has 72 valence electrons. The van der Waals surface area contributed by atoms with Gasteiger partial charge in [-0.15, -0.1) is 0 Å². The second-order valence-electron chi connectivity index (χ2n) is 2.67. The van der Waals surface area contributed by atoms with Crippen LogP contribution in [0.4, 0.5) is 0 Å². The first-order valence-corrected chi connectivity index (χ1v) is 4.66. The van der Waals surface area contributed by atoms with Gasteiger partial charge in [0.25, 0.3) is 0 Å². The van der Waals surface area contributed by atoms with Crippen molar-refractivity contribution in [1.29, 1.82) is 0 Å². The molecule has 0 aromatic heterocycles. The van der Waals surface area contributed by atoms with E-state index >= 15 is 0 Å². The topological polar surface area (TPSA) is 38.3 Å². The lowest BCUT2D eigenvalue weighted by Crippen LogP contribution is -2.37. The first kappa shape index (κ1) is 11.4. The average Bonchev–Trinajstić information content (AvgIpc) is 2.06. The van der Waals surface area contributed by atoms with Crippen LogP contribution in [0.1, 0.15) is 33.6 Å². The van der Waals surface area contributed by atoms with Crippen LogP contribution in [0, 0.1) is 0 Å². The van der Waals surface area contributed by atoms with Gasteiger partial charge in [-0.3, -0.25) is 4.79 Å². The maximum Gasteiger partial charge on any atom is 0.323 e. The summed E-state index contributed by atoms with van der Waals surface area (Å²) < 4.78 is 4.89.